The Balaban J connectivity index is 3.79. The van der Waals surface area contributed by atoms with Gasteiger partial charge in [0.2, 0.25) is 0 Å². The molecule has 7 heavy (non-hydrogen) atoms. The standard InChI is InChI=1S/C5H11NO/c1-5(2,3)4(6)7/h1-3H3,(H2,6,7)/p-1. The summed E-state index contributed by atoms with van der Waals surface area (Å²) in [7, 11) is 0. The lowest BCUT2D eigenvalue weighted by molar-refractivity contribution is -0.230. The molecule has 0 fully saturated rings. The molecule has 0 aliphatic rings. The van der Waals surface area contributed by atoms with Crippen LogP contribution in [0.3, 0.4) is 0 Å². The molecule has 0 amide bonds. The zero-order valence-corrected chi connectivity index (χ0v) is 4.91. The van der Waals surface area contributed by atoms with Crippen LogP contribution in [0.15, 0.2) is 0 Å². The fourth-order valence-electron chi connectivity index (χ4n) is 0. The SMILES string of the molecule is CC(C)(C)C(=N)[O-]. The summed E-state index contributed by atoms with van der Waals surface area (Å²) >= 11 is 0. The summed E-state index contributed by atoms with van der Waals surface area (Å²) in [4.78, 5) is 0. The maximum atomic E-state index is 10.1. The van der Waals surface area contributed by atoms with Gasteiger partial charge >= 0.3 is 0 Å². The molecule has 42 valence electrons. The van der Waals surface area contributed by atoms with Gasteiger partial charge in [0, 0.05) is 0 Å². The average molecular weight is 100 g/mol. The number of hydrogen-bond donors (Lipinski definition) is 1. The summed E-state index contributed by atoms with van der Waals surface area (Å²) in [5.74, 6) is -0.507. The summed E-state index contributed by atoms with van der Waals surface area (Å²) in [5.41, 5.74) is -0.472. The Morgan fingerprint density at radius 1 is 1.43 bits per heavy atom. The zero-order chi connectivity index (χ0) is 6.08. The summed E-state index contributed by atoms with van der Waals surface area (Å²) in [6.45, 7) is 5.17. The Hall–Kier alpha value is -0.530. The molecular formula is C5H10NO-. The first-order valence-electron chi connectivity index (χ1n) is 2.20. The lowest BCUT2D eigenvalue weighted by Gasteiger charge is -2.23. The highest BCUT2D eigenvalue weighted by Gasteiger charge is 2.06. The number of hydrogen-bond acceptors (Lipinski definition) is 2. The highest BCUT2D eigenvalue weighted by molar-refractivity contribution is 5.73. The van der Waals surface area contributed by atoms with Crippen LogP contribution in [0.1, 0.15) is 20.8 Å². The monoisotopic (exact) mass is 100 g/mol. The van der Waals surface area contributed by atoms with E-state index in [4.69, 9.17) is 5.41 Å². The Bertz CT molecular complexity index is 80.6. The second-order valence-corrected chi connectivity index (χ2v) is 2.58. The minimum atomic E-state index is -0.507. The van der Waals surface area contributed by atoms with Crippen LogP contribution in [0.2, 0.25) is 0 Å². The molecule has 2 nitrogen and oxygen atoms in total. The maximum Gasteiger partial charge on any atom is -0.0107 e. The molecule has 0 aliphatic heterocycles. The van der Waals surface area contributed by atoms with Crippen molar-refractivity contribution in [2.45, 2.75) is 20.8 Å². The first-order valence-corrected chi connectivity index (χ1v) is 2.20. The molecule has 0 saturated carbocycles. The Kier molecular flexibility index (Phi) is 1.41. The van der Waals surface area contributed by atoms with E-state index in [9.17, 15) is 5.11 Å². The fourth-order valence-corrected chi connectivity index (χ4v) is 0. The van der Waals surface area contributed by atoms with Crippen LogP contribution in [0.25, 0.3) is 0 Å². The molecule has 0 aliphatic carbocycles. The van der Waals surface area contributed by atoms with E-state index < -0.39 is 11.3 Å². The van der Waals surface area contributed by atoms with Gasteiger partial charge in [-0.25, -0.2) is 0 Å². The molecule has 0 radical (unpaired) electrons. The molecule has 0 unspecified atom stereocenters. The molecule has 1 N–H and O–H groups in total. The van der Waals surface area contributed by atoms with Crippen molar-refractivity contribution in [3.63, 3.8) is 0 Å². The van der Waals surface area contributed by atoms with Crippen molar-refractivity contribution in [2.75, 3.05) is 0 Å². The van der Waals surface area contributed by atoms with E-state index in [0.717, 1.165) is 0 Å². The van der Waals surface area contributed by atoms with Gasteiger partial charge < -0.3 is 10.5 Å². The van der Waals surface area contributed by atoms with Gasteiger partial charge in [-0.1, -0.05) is 20.8 Å². The third kappa shape index (κ3) is 2.20. The van der Waals surface area contributed by atoms with E-state index in [2.05, 4.69) is 0 Å². The minimum absolute atomic E-state index is 0.472. The van der Waals surface area contributed by atoms with Crippen molar-refractivity contribution in [1.29, 1.82) is 5.41 Å². The highest BCUT2D eigenvalue weighted by atomic mass is 16.3. The minimum Gasteiger partial charge on any atom is -0.862 e. The summed E-state index contributed by atoms with van der Waals surface area (Å²) < 4.78 is 0. The second-order valence-electron chi connectivity index (χ2n) is 2.58. The second kappa shape index (κ2) is 1.52. The molecule has 0 aromatic carbocycles. The van der Waals surface area contributed by atoms with Gasteiger partial charge in [0.05, 0.1) is 0 Å². The summed E-state index contributed by atoms with van der Waals surface area (Å²) in [6, 6.07) is 0. The van der Waals surface area contributed by atoms with Crippen molar-refractivity contribution in [2.24, 2.45) is 5.41 Å². The van der Waals surface area contributed by atoms with E-state index >= 15 is 0 Å². The predicted molar refractivity (Wildman–Crippen MR) is 27.2 cm³/mol. The van der Waals surface area contributed by atoms with Gasteiger partial charge in [0.1, 0.15) is 0 Å². The molecule has 0 saturated heterocycles. The molecule has 0 aromatic rings. The van der Waals surface area contributed by atoms with Gasteiger partial charge in [-0.05, 0) is 11.3 Å². The van der Waals surface area contributed by atoms with Crippen LogP contribution >= 0.6 is 0 Å². The van der Waals surface area contributed by atoms with Crippen LogP contribution in [-0.2, 0) is 0 Å². The molecule has 0 bridgehead atoms. The van der Waals surface area contributed by atoms with Crippen molar-refractivity contribution in [3.05, 3.63) is 0 Å². The van der Waals surface area contributed by atoms with Crippen molar-refractivity contribution >= 4 is 5.90 Å². The Morgan fingerprint density at radius 2 is 1.57 bits per heavy atom. The van der Waals surface area contributed by atoms with Gasteiger partial charge in [0.25, 0.3) is 0 Å². The zero-order valence-electron chi connectivity index (χ0n) is 4.91. The van der Waals surface area contributed by atoms with Crippen molar-refractivity contribution in [3.8, 4) is 0 Å². The van der Waals surface area contributed by atoms with E-state index in [1.807, 2.05) is 0 Å². The third-order valence-corrected chi connectivity index (χ3v) is 0.681. The molecular weight excluding hydrogens is 90.1 g/mol. The quantitative estimate of drug-likeness (QED) is 0.347. The predicted octanol–water partition coefficient (Wildman–Crippen LogP) is 0.370. The lowest BCUT2D eigenvalue weighted by Crippen LogP contribution is -2.31. The number of rotatable bonds is 0. The Labute approximate surface area is 43.7 Å². The molecule has 0 heterocycles. The van der Waals surface area contributed by atoms with Crippen LogP contribution in [0, 0.1) is 10.8 Å². The van der Waals surface area contributed by atoms with Crippen molar-refractivity contribution in [1.82, 2.24) is 0 Å². The van der Waals surface area contributed by atoms with E-state index in [1.165, 1.54) is 0 Å². The fraction of sp³-hybridized carbons (Fsp3) is 0.800. The number of nitrogens with one attached hydrogen (secondary N) is 1. The maximum absolute atomic E-state index is 10.1. The summed E-state index contributed by atoms with van der Waals surface area (Å²) in [6.07, 6.45) is 0. The van der Waals surface area contributed by atoms with Gasteiger partial charge in [-0.2, -0.15) is 0 Å². The van der Waals surface area contributed by atoms with Crippen LogP contribution in [-0.4, -0.2) is 5.90 Å². The topological polar surface area (TPSA) is 46.9 Å². The van der Waals surface area contributed by atoms with Gasteiger partial charge in [0.15, 0.2) is 0 Å². The van der Waals surface area contributed by atoms with Crippen LogP contribution in [0.5, 0.6) is 0 Å². The molecule has 2 heteroatoms. The highest BCUT2D eigenvalue weighted by Crippen LogP contribution is 2.09. The molecule has 0 spiro atoms. The van der Waals surface area contributed by atoms with E-state index in [1.54, 1.807) is 20.8 Å². The molecule has 0 atom stereocenters. The van der Waals surface area contributed by atoms with Gasteiger partial charge in [-0.15, -0.1) is 0 Å². The van der Waals surface area contributed by atoms with Crippen LogP contribution in [0.4, 0.5) is 0 Å². The molecule has 0 aromatic heterocycles. The van der Waals surface area contributed by atoms with E-state index in [0.29, 0.717) is 0 Å². The average Bonchev–Trinajstić information content (AvgIpc) is 1.31. The lowest BCUT2D eigenvalue weighted by atomic mass is 9.97. The third-order valence-electron chi connectivity index (χ3n) is 0.681. The largest absolute Gasteiger partial charge is 0.862 e. The first-order chi connectivity index (χ1) is 2.94. The van der Waals surface area contributed by atoms with E-state index in [-0.39, 0.29) is 0 Å². The molecule has 0 rings (SSSR count). The smallest absolute Gasteiger partial charge is 0.0107 e. The van der Waals surface area contributed by atoms with Crippen molar-refractivity contribution < 1.29 is 5.11 Å². The van der Waals surface area contributed by atoms with Crippen LogP contribution < -0.4 is 5.11 Å². The Morgan fingerprint density at radius 3 is 1.57 bits per heavy atom. The van der Waals surface area contributed by atoms with Gasteiger partial charge in [-0.3, -0.25) is 0 Å². The first kappa shape index (κ1) is 6.47. The summed E-state index contributed by atoms with van der Waals surface area (Å²) in [5, 5.41) is 16.7. The normalized spacial score (nSPS) is 11.3.